The highest BCUT2D eigenvalue weighted by atomic mass is 15.4. The number of nitrogens with zero attached hydrogens (tertiary/aromatic N) is 3. The molecule has 9 aromatic rings. The van der Waals surface area contributed by atoms with Crippen molar-refractivity contribution in [2.24, 2.45) is 4.99 Å². The van der Waals surface area contributed by atoms with Gasteiger partial charge in [0.05, 0.1) is 22.1 Å². The lowest BCUT2D eigenvalue weighted by molar-refractivity contribution is 0.403. The van der Waals surface area contributed by atoms with Crippen molar-refractivity contribution >= 4 is 49.6 Å². The summed E-state index contributed by atoms with van der Waals surface area (Å²) in [5.74, 6) is 0.816. The summed E-state index contributed by atoms with van der Waals surface area (Å²) in [5.41, 5.74) is 10.4. The van der Waals surface area contributed by atoms with Crippen LogP contribution in [0, 0.1) is 0 Å². The molecule has 1 aliphatic rings. The maximum absolute atomic E-state index is 5.33. The molecular weight excluding hydrogens is 611 g/mol. The van der Waals surface area contributed by atoms with Crippen LogP contribution in [0.1, 0.15) is 23.5 Å². The van der Waals surface area contributed by atoms with Crippen molar-refractivity contribution in [2.75, 3.05) is 0 Å². The van der Waals surface area contributed by atoms with Gasteiger partial charge in [-0.1, -0.05) is 133 Å². The zero-order valence-electron chi connectivity index (χ0n) is 27.2. The van der Waals surface area contributed by atoms with Gasteiger partial charge in [0.2, 0.25) is 5.96 Å². The Bertz CT molecular complexity index is 2710. The smallest absolute Gasteiger partial charge is 0.206 e. The Kier molecular flexibility index (Phi) is 6.64. The SMILES string of the molecule is c1ccc(C2N=C(n3c4ccccc4c4ccc(-c5ccc6c(c5)c5ccccc5n6-c5ccccc5)cc43)NC(c3ccccc3)N2)cc1. The van der Waals surface area contributed by atoms with E-state index in [9.17, 15) is 0 Å². The lowest BCUT2D eigenvalue weighted by Crippen LogP contribution is -2.47. The van der Waals surface area contributed by atoms with Crippen LogP contribution in [0.4, 0.5) is 0 Å². The van der Waals surface area contributed by atoms with E-state index in [1.54, 1.807) is 0 Å². The Labute approximate surface area is 289 Å². The first-order valence-electron chi connectivity index (χ1n) is 17.1. The van der Waals surface area contributed by atoms with Crippen LogP contribution in [0.5, 0.6) is 0 Å². The second-order valence-electron chi connectivity index (χ2n) is 12.9. The number of rotatable bonds is 4. The number of aromatic nitrogens is 2. The minimum atomic E-state index is -0.221. The summed E-state index contributed by atoms with van der Waals surface area (Å²) in [5, 5.41) is 12.4. The topological polar surface area (TPSA) is 46.3 Å². The van der Waals surface area contributed by atoms with Crippen LogP contribution in [0.15, 0.2) is 181 Å². The third kappa shape index (κ3) is 4.63. The normalized spacial score (nSPS) is 16.2. The first-order chi connectivity index (χ1) is 24.8. The largest absolute Gasteiger partial charge is 0.336 e. The molecular formula is C45H33N5. The fourth-order valence-electron chi connectivity index (χ4n) is 7.66. The molecule has 5 nitrogen and oxygen atoms in total. The van der Waals surface area contributed by atoms with Gasteiger partial charge in [-0.2, -0.15) is 0 Å². The minimum Gasteiger partial charge on any atom is -0.336 e. The fraction of sp³-hybridized carbons (Fsp3) is 0.0444. The molecule has 3 heterocycles. The van der Waals surface area contributed by atoms with E-state index in [1.807, 2.05) is 0 Å². The molecule has 2 unspecified atom stereocenters. The molecule has 0 spiro atoms. The van der Waals surface area contributed by atoms with Gasteiger partial charge >= 0.3 is 0 Å². The Morgan fingerprint density at radius 2 is 0.960 bits per heavy atom. The molecule has 0 aliphatic carbocycles. The number of aliphatic imine (C=N–C) groups is 1. The van der Waals surface area contributed by atoms with E-state index >= 15 is 0 Å². The highest BCUT2D eigenvalue weighted by Crippen LogP contribution is 2.37. The molecule has 238 valence electrons. The molecule has 1 aliphatic heterocycles. The Morgan fingerprint density at radius 1 is 0.420 bits per heavy atom. The van der Waals surface area contributed by atoms with E-state index in [2.05, 4.69) is 196 Å². The van der Waals surface area contributed by atoms with E-state index < -0.39 is 0 Å². The van der Waals surface area contributed by atoms with Crippen molar-refractivity contribution in [1.29, 1.82) is 0 Å². The van der Waals surface area contributed by atoms with E-state index in [-0.39, 0.29) is 12.3 Å². The second kappa shape index (κ2) is 11.6. The van der Waals surface area contributed by atoms with E-state index in [0.29, 0.717) is 0 Å². The van der Waals surface area contributed by atoms with Gasteiger partial charge in [0, 0.05) is 27.2 Å². The molecule has 2 N–H and O–H groups in total. The van der Waals surface area contributed by atoms with Crippen molar-refractivity contribution in [3.05, 3.63) is 187 Å². The van der Waals surface area contributed by atoms with Crippen molar-refractivity contribution in [2.45, 2.75) is 12.3 Å². The van der Waals surface area contributed by atoms with Crippen LogP contribution in [0.3, 0.4) is 0 Å². The third-order valence-electron chi connectivity index (χ3n) is 10.0. The first kappa shape index (κ1) is 28.6. The van der Waals surface area contributed by atoms with Gasteiger partial charge in [-0.15, -0.1) is 0 Å². The summed E-state index contributed by atoms with van der Waals surface area (Å²) < 4.78 is 4.67. The number of nitrogens with one attached hydrogen (secondary N) is 2. The molecule has 0 fully saturated rings. The zero-order valence-corrected chi connectivity index (χ0v) is 27.2. The maximum atomic E-state index is 5.33. The van der Waals surface area contributed by atoms with Gasteiger partial charge < -0.3 is 9.88 Å². The Hall–Kier alpha value is -6.43. The summed E-state index contributed by atoms with van der Waals surface area (Å²) >= 11 is 0. The maximum Gasteiger partial charge on any atom is 0.206 e. The molecule has 0 amide bonds. The van der Waals surface area contributed by atoms with E-state index in [0.717, 1.165) is 39.4 Å². The lowest BCUT2D eigenvalue weighted by atomic mass is 10.0. The Morgan fingerprint density at radius 3 is 1.70 bits per heavy atom. The predicted molar refractivity (Wildman–Crippen MR) is 207 cm³/mol. The molecule has 0 bridgehead atoms. The Balaban J connectivity index is 1.16. The van der Waals surface area contributed by atoms with Crippen molar-refractivity contribution in [3.63, 3.8) is 0 Å². The molecule has 10 rings (SSSR count). The molecule has 2 atom stereocenters. The van der Waals surface area contributed by atoms with Crippen molar-refractivity contribution in [1.82, 2.24) is 19.8 Å². The van der Waals surface area contributed by atoms with Gasteiger partial charge in [-0.25, -0.2) is 4.99 Å². The first-order valence-corrected chi connectivity index (χ1v) is 17.1. The molecule has 5 heteroatoms. The van der Waals surface area contributed by atoms with E-state index in [1.165, 1.54) is 38.1 Å². The van der Waals surface area contributed by atoms with Gasteiger partial charge in [-0.05, 0) is 64.7 Å². The molecule has 2 aromatic heterocycles. The average Bonchev–Trinajstić information content (AvgIpc) is 3.71. The number of para-hydroxylation sites is 3. The van der Waals surface area contributed by atoms with Gasteiger partial charge in [0.15, 0.2) is 0 Å². The molecule has 0 saturated heterocycles. The zero-order chi connectivity index (χ0) is 33.0. The number of benzene rings is 7. The average molecular weight is 644 g/mol. The van der Waals surface area contributed by atoms with Crippen LogP contribution in [-0.4, -0.2) is 15.1 Å². The fourth-order valence-corrected chi connectivity index (χ4v) is 7.66. The van der Waals surface area contributed by atoms with Crippen LogP contribution < -0.4 is 10.6 Å². The summed E-state index contributed by atoms with van der Waals surface area (Å²) in [4.78, 5) is 5.33. The quantitative estimate of drug-likeness (QED) is 0.200. The highest BCUT2D eigenvalue weighted by molar-refractivity contribution is 6.15. The summed E-state index contributed by atoms with van der Waals surface area (Å²) in [6.45, 7) is 0. The van der Waals surface area contributed by atoms with Crippen LogP contribution in [0.2, 0.25) is 0 Å². The lowest BCUT2D eigenvalue weighted by Gasteiger charge is -2.32. The number of hydrogen-bond donors (Lipinski definition) is 2. The third-order valence-corrected chi connectivity index (χ3v) is 10.0. The summed E-state index contributed by atoms with van der Waals surface area (Å²) in [7, 11) is 0. The monoisotopic (exact) mass is 643 g/mol. The summed E-state index contributed by atoms with van der Waals surface area (Å²) in [6, 6.07) is 62.7. The second-order valence-corrected chi connectivity index (χ2v) is 12.9. The highest BCUT2D eigenvalue weighted by Gasteiger charge is 2.27. The van der Waals surface area contributed by atoms with Crippen LogP contribution >= 0.6 is 0 Å². The number of fused-ring (bicyclic) bond motifs is 6. The van der Waals surface area contributed by atoms with E-state index in [4.69, 9.17) is 4.99 Å². The van der Waals surface area contributed by atoms with Gasteiger partial charge in [0.25, 0.3) is 0 Å². The molecule has 0 saturated carbocycles. The van der Waals surface area contributed by atoms with Gasteiger partial charge in [0.1, 0.15) is 12.3 Å². The van der Waals surface area contributed by atoms with Crippen LogP contribution in [0.25, 0.3) is 60.4 Å². The van der Waals surface area contributed by atoms with Crippen molar-refractivity contribution in [3.8, 4) is 16.8 Å². The molecule has 50 heavy (non-hydrogen) atoms. The van der Waals surface area contributed by atoms with Crippen LogP contribution in [-0.2, 0) is 0 Å². The molecule has 7 aromatic carbocycles. The molecule has 0 radical (unpaired) electrons. The summed E-state index contributed by atoms with van der Waals surface area (Å²) in [6.07, 6.45) is -0.348. The standard InChI is InChI=1S/C45H33N5/c1-4-14-30(15-5-1)43-46-44(31-16-6-2-7-17-31)48-45(47-43)50-40-23-13-10-20-35(40)37-26-24-33(29-42(37)50)32-25-27-41-38(28-32)36-21-11-12-22-39(36)49(41)34-18-8-3-9-19-34/h1-29,43-44,46H,(H,47,48). The predicted octanol–water partition coefficient (Wildman–Crippen LogP) is 10.4. The minimum absolute atomic E-state index is 0.127. The van der Waals surface area contributed by atoms with Gasteiger partial charge in [-0.3, -0.25) is 9.88 Å². The van der Waals surface area contributed by atoms with Crippen molar-refractivity contribution < 1.29 is 0 Å². The number of hydrogen-bond acceptors (Lipinski definition) is 3.